The van der Waals surface area contributed by atoms with Crippen molar-refractivity contribution in [1.82, 2.24) is 5.32 Å². The summed E-state index contributed by atoms with van der Waals surface area (Å²) in [6.45, 7) is 0. The van der Waals surface area contributed by atoms with Crippen molar-refractivity contribution in [1.29, 1.82) is 5.26 Å². The van der Waals surface area contributed by atoms with Crippen LogP contribution in [-0.2, 0) is 4.79 Å². The number of nitriles is 1. The summed E-state index contributed by atoms with van der Waals surface area (Å²) >= 11 is 0. The summed E-state index contributed by atoms with van der Waals surface area (Å²) in [4.78, 5) is 11.9. The molecule has 0 aromatic heterocycles. The van der Waals surface area contributed by atoms with Crippen LogP contribution in [0.5, 0.6) is 0 Å². The summed E-state index contributed by atoms with van der Waals surface area (Å²) in [5.74, 6) is -2.30. The van der Waals surface area contributed by atoms with Crippen molar-refractivity contribution in [2.45, 2.75) is 18.6 Å². The van der Waals surface area contributed by atoms with Crippen molar-refractivity contribution in [3.63, 3.8) is 0 Å². The summed E-state index contributed by atoms with van der Waals surface area (Å²) in [5.41, 5.74) is 0.431. The summed E-state index contributed by atoms with van der Waals surface area (Å²) in [6.07, 6.45) is -1.31. The van der Waals surface area contributed by atoms with Crippen LogP contribution in [-0.4, -0.2) is 11.0 Å². The molecule has 0 aliphatic heterocycles. The van der Waals surface area contributed by atoms with Gasteiger partial charge in [-0.05, 0) is 11.6 Å². The van der Waals surface area contributed by atoms with Crippen molar-refractivity contribution in [3.05, 3.63) is 71.3 Å². The number of hydrogen-bond donors (Lipinski definition) is 2. The van der Waals surface area contributed by atoms with Gasteiger partial charge in [-0.15, -0.1) is 0 Å². The van der Waals surface area contributed by atoms with E-state index in [-0.39, 0.29) is 12.0 Å². The van der Waals surface area contributed by atoms with E-state index in [1.807, 2.05) is 0 Å². The van der Waals surface area contributed by atoms with Crippen LogP contribution in [0.3, 0.4) is 0 Å². The van der Waals surface area contributed by atoms with Crippen LogP contribution in [0.25, 0.3) is 0 Å². The van der Waals surface area contributed by atoms with E-state index in [1.165, 1.54) is 0 Å². The number of halogens is 2. The quantitative estimate of drug-likeness (QED) is 0.891. The van der Waals surface area contributed by atoms with Gasteiger partial charge < -0.3 is 10.4 Å². The fourth-order valence-corrected chi connectivity index (χ4v) is 2.10. The SMILES string of the molecule is N#CC(NC(=O)CC(O)c1ccccc1)c1ccc(F)cc1F. The van der Waals surface area contributed by atoms with Gasteiger partial charge in [0.15, 0.2) is 0 Å². The Morgan fingerprint density at radius 1 is 1.22 bits per heavy atom. The van der Waals surface area contributed by atoms with Gasteiger partial charge in [-0.2, -0.15) is 5.26 Å². The third-order valence-corrected chi connectivity index (χ3v) is 3.27. The molecule has 2 rings (SSSR count). The topological polar surface area (TPSA) is 73.1 Å². The lowest BCUT2D eigenvalue weighted by atomic mass is 10.0. The zero-order valence-electron chi connectivity index (χ0n) is 12.0. The molecule has 4 nitrogen and oxygen atoms in total. The Bertz CT molecular complexity index is 729. The Labute approximate surface area is 132 Å². The zero-order valence-corrected chi connectivity index (χ0v) is 12.0. The highest BCUT2D eigenvalue weighted by Gasteiger charge is 2.20. The smallest absolute Gasteiger partial charge is 0.224 e. The Morgan fingerprint density at radius 2 is 1.91 bits per heavy atom. The molecule has 0 aliphatic carbocycles. The number of benzene rings is 2. The molecule has 0 saturated carbocycles. The van der Waals surface area contributed by atoms with E-state index in [0.29, 0.717) is 11.6 Å². The predicted molar refractivity (Wildman–Crippen MR) is 78.9 cm³/mol. The first-order chi connectivity index (χ1) is 11.0. The van der Waals surface area contributed by atoms with Crippen LogP contribution in [0.1, 0.15) is 29.7 Å². The lowest BCUT2D eigenvalue weighted by Crippen LogP contribution is -2.29. The average molecular weight is 316 g/mol. The molecule has 0 radical (unpaired) electrons. The summed E-state index contributed by atoms with van der Waals surface area (Å²) in [6, 6.07) is 11.8. The predicted octanol–water partition coefficient (Wildman–Crippen LogP) is 2.77. The van der Waals surface area contributed by atoms with Crippen LogP contribution in [0.15, 0.2) is 48.5 Å². The number of hydrogen-bond acceptors (Lipinski definition) is 3. The van der Waals surface area contributed by atoms with Gasteiger partial charge >= 0.3 is 0 Å². The van der Waals surface area contributed by atoms with E-state index in [4.69, 9.17) is 5.26 Å². The van der Waals surface area contributed by atoms with E-state index >= 15 is 0 Å². The Kier molecular flexibility index (Phi) is 5.39. The highest BCUT2D eigenvalue weighted by atomic mass is 19.1. The van der Waals surface area contributed by atoms with Crippen molar-refractivity contribution < 1.29 is 18.7 Å². The molecule has 0 bridgehead atoms. The monoisotopic (exact) mass is 316 g/mol. The number of aliphatic hydroxyl groups is 1. The van der Waals surface area contributed by atoms with E-state index in [0.717, 1.165) is 12.1 Å². The molecule has 0 fully saturated rings. The Hall–Kier alpha value is -2.78. The maximum Gasteiger partial charge on any atom is 0.224 e. The summed E-state index contributed by atoms with van der Waals surface area (Å²) < 4.78 is 26.6. The van der Waals surface area contributed by atoms with Gasteiger partial charge in [0.05, 0.1) is 18.6 Å². The third-order valence-electron chi connectivity index (χ3n) is 3.27. The lowest BCUT2D eigenvalue weighted by Gasteiger charge is -2.15. The largest absolute Gasteiger partial charge is 0.388 e. The van der Waals surface area contributed by atoms with Crippen molar-refractivity contribution >= 4 is 5.91 Å². The molecule has 2 aromatic carbocycles. The first-order valence-electron chi connectivity index (χ1n) is 6.88. The molecule has 0 saturated heterocycles. The fraction of sp³-hybridized carbons (Fsp3) is 0.176. The third kappa shape index (κ3) is 4.34. The number of amides is 1. The minimum Gasteiger partial charge on any atom is -0.388 e. The van der Waals surface area contributed by atoms with Gasteiger partial charge in [-0.3, -0.25) is 4.79 Å². The first-order valence-corrected chi connectivity index (χ1v) is 6.88. The maximum atomic E-state index is 13.7. The number of carbonyl (C=O) groups is 1. The molecule has 2 aromatic rings. The average Bonchev–Trinajstić information content (AvgIpc) is 2.54. The second-order valence-electron chi connectivity index (χ2n) is 4.93. The molecule has 1 amide bonds. The van der Waals surface area contributed by atoms with Gasteiger partial charge in [0.25, 0.3) is 0 Å². The Morgan fingerprint density at radius 3 is 2.52 bits per heavy atom. The summed E-state index contributed by atoms with van der Waals surface area (Å²) in [7, 11) is 0. The fourth-order valence-electron chi connectivity index (χ4n) is 2.10. The van der Waals surface area contributed by atoms with Gasteiger partial charge in [0.1, 0.15) is 17.7 Å². The molecule has 2 N–H and O–H groups in total. The van der Waals surface area contributed by atoms with Gasteiger partial charge in [-0.1, -0.05) is 36.4 Å². The van der Waals surface area contributed by atoms with Crippen LogP contribution in [0, 0.1) is 23.0 Å². The van der Waals surface area contributed by atoms with E-state index in [2.05, 4.69) is 5.32 Å². The first kappa shape index (κ1) is 16.6. The van der Waals surface area contributed by atoms with Crippen molar-refractivity contribution in [2.24, 2.45) is 0 Å². The Balaban J connectivity index is 2.04. The van der Waals surface area contributed by atoms with E-state index < -0.39 is 29.7 Å². The number of carbonyl (C=O) groups excluding carboxylic acids is 1. The standard InChI is InChI=1S/C17H14F2N2O2/c18-12-6-7-13(14(19)8-12)15(10-20)21-17(23)9-16(22)11-4-2-1-3-5-11/h1-8,15-16,22H,9H2,(H,21,23). The van der Waals surface area contributed by atoms with Crippen molar-refractivity contribution in [3.8, 4) is 6.07 Å². The highest BCUT2D eigenvalue weighted by molar-refractivity contribution is 5.77. The second-order valence-corrected chi connectivity index (χ2v) is 4.93. The zero-order chi connectivity index (χ0) is 16.8. The molecule has 2 unspecified atom stereocenters. The second kappa shape index (κ2) is 7.47. The summed E-state index contributed by atoms with van der Waals surface area (Å²) in [5, 5.41) is 21.4. The molecule has 23 heavy (non-hydrogen) atoms. The molecule has 0 aliphatic rings. The van der Waals surface area contributed by atoms with Crippen LogP contribution >= 0.6 is 0 Å². The minimum absolute atomic E-state index is 0.128. The molecule has 0 spiro atoms. The highest BCUT2D eigenvalue weighted by Crippen LogP contribution is 2.20. The van der Waals surface area contributed by atoms with Crippen LogP contribution in [0.4, 0.5) is 8.78 Å². The molecule has 6 heteroatoms. The molecular formula is C17H14F2N2O2. The molecule has 2 atom stereocenters. The van der Waals surface area contributed by atoms with E-state index in [9.17, 15) is 18.7 Å². The van der Waals surface area contributed by atoms with E-state index in [1.54, 1.807) is 36.4 Å². The lowest BCUT2D eigenvalue weighted by molar-refractivity contribution is -0.123. The van der Waals surface area contributed by atoms with Gasteiger partial charge in [0.2, 0.25) is 5.91 Å². The maximum absolute atomic E-state index is 13.7. The van der Waals surface area contributed by atoms with Gasteiger partial charge in [-0.25, -0.2) is 8.78 Å². The van der Waals surface area contributed by atoms with Crippen LogP contribution < -0.4 is 5.32 Å². The molecule has 0 heterocycles. The molecule has 118 valence electrons. The van der Waals surface area contributed by atoms with Gasteiger partial charge in [0, 0.05) is 11.6 Å². The number of aliphatic hydroxyl groups excluding tert-OH is 1. The number of rotatable bonds is 5. The molecular weight excluding hydrogens is 302 g/mol. The van der Waals surface area contributed by atoms with Crippen molar-refractivity contribution in [2.75, 3.05) is 0 Å². The van der Waals surface area contributed by atoms with Crippen LogP contribution in [0.2, 0.25) is 0 Å². The number of nitrogens with zero attached hydrogens (tertiary/aromatic N) is 1. The normalized spacial score (nSPS) is 13.0. The minimum atomic E-state index is -1.26. The number of nitrogens with one attached hydrogen (secondary N) is 1.